The molecule has 0 bridgehead atoms. The number of carbonyl (C=O) groups is 1. The highest BCUT2D eigenvalue weighted by Gasteiger charge is 2.17. The summed E-state index contributed by atoms with van der Waals surface area (Å²) in [6, 6.07) is 25.0. The lowest BCUT2D eigenvalue weighted by molar-refractivity contribution is 0.0698. The number of aromatic carboxylic acids is 1. The summed E-state index contributed by atoms with van der Waals surface area (Å²) >= 11 is 0. The van der Waals surface area contributed by atoms with Crippen molar-refractivity contribution in [3.05, 3.63) is 95.6 Å². The van der Waals surface area contributed by atoms with Gasteiger partial charge in [0.25, 0.3) is 0 Å². The summed E-state index contributed by atoms with van der Waals surface area (Å²) in [4.78, 5) is 11.9. The Balaban J connectivity index is 1.85. The highest BCUT2D eigenvalue weighted by Crippen LogP contribution is 2.30. The number of nitrogens with two attached hydrogens (primary N) is 1. The summed E-state index contributed by atoms with van der Waals surface area (Å²) in [6.07, 6.45) is 0.764. The Kier molecular flexibility index (Phi) is 5.82. The molecule has 0 saturated carbocycles. The summed E-state index contributed by atoms with van der Waals surface area (Å²) in [6.45, 7) is 2.36. The number of para-hydroxylation sites is 1. The molecule has 4 N–H and O–H groups in total. The van der Waals surface area contributed by atoms with Crippen molar-refractivity contribution in [1.29, 1.82) is 0 Å². The van der Waals surface area contributed by atoms with Crippen molar-refractivity contribution in [2.24, 2.45) is 5.73 Å². The highest BCUT2D eigenvalue weighted by atomic mass is 16.4. The van der Waals surface area contributed by atoms with Crippen LogP contribution in [0.5, 0.6) is 0 Å². The first kappa shape index (κ1) is 20.4. The summed E-state index contributed by atoms with van der Waals surface area (Å²) < 4.78 is 1.78. The molecule has 0 spiro atoms. The zero-order valence-corrected chi connectivity index (χ0v) is 17.2. The highest BCUT2D eigenvalue weighted by molar-refractivity contribution is 5.95. The van der Waals surface area contributed by atoms with Crippen LogP contribution in [0.25, 0.3) is 16.9 Å². The standard InChI is InChI=1S/C25H24N4O2/c1-2-17-12-13-21(20(14-17)25(30)31)27-24-15-22(18-8-4-3-5-9-18)28-29(24)23-11-7-6-10-19(23)16-26/h3-15,27H,2,16,26H2,1H3,(H,30,31). The fourth-order valence-electron chi connectivity index (χ4n) is 3.53. The minimum absolute atomic E-state index is 0.223. The second kappa shape index (κ2) is 8.85. The van der Waals surface area contributed by atoms with Gasteiger partial charge in [-0.15, -0.1) is 0 Å². The Hall–Kier alpha value is -3.90. The van der Waals surface area contributed by atoms with Crippen molar-refractivity contribution < 1.29 is 9.90 Å². The smallest absolute Gasteiger partial charge is 0.337 e. The molecule has 0 aliphatic heterocycles. The van der Waals surface area contributed by atoms with E-state index in [2.05, 4.69) is 5.32 Å². The molecular formula is C25H24N4O2. The monoisotopic (exact) mass is 412 g/mol. The van der Waals surface area contributed by atoms with Crippen LogP contribution >= 0.6 is 0 Å². The van der Waals surface area contributed by atoms with Crippen molar-refractivity contribution in [2.75, 3.05) is 5.32 Å². The minimum Gasteiger partial charge on any atom is -0.478 e. The van der Waals surface area contributed by atoms with Crippen LogP contribution in [0.1, 0.15) is 28.4 Å². The number of carboxylic acids is 1. The lowest BCUT2D eigenvalue weighted by Crippen LogP contribution is -2.10. The number of aryl methyl sites for hydroxylation is 1. The van der Waals surface area contributed by atoms with E-state index < -0.39 is 5.97 Å². The van der Waals surface area contributed by atoms with E-state index in [0.29, 0.717) is 18.1 Å². The van der Waals surface area contributed by atoms with Gasteiger partial charge in [0.2, 0.25) is 0 Å². The topological polar surface area (TPSA) is 93.2 Å². The van der Waals surface area contributed by atoms with Gasteiger partial charge >= 0.3 is 5.97 Å². The van der Waals surface area contributed by atoms with E-state index in [1.807, 2.05) is 73.7 Å². The van der Waals surface area contributed by atoms with Crippen LogP contribution in [0.2, 0.25) is 0 Å². The molecule has 0 atom stereocenters. The summed E-state index contributed by atoms with van der Waals surface area (Å²) in [7, 11) is 0. The van der Waals surface area contributed by atoms with Crippen molar-refractivity contribution in [3.8, 4) is 16.9 Å². The van der Waals surface area contributed by atoms with E-state index in [0.717, 1.165) is 34.5 Å². The average molecular weight is 412 g/mol. The third-order valence-corrected chi connectivity index (χ3v) is 5.20. The van der Waals surface area contributed by atoms with Crippen LogP contribution in [0, 0.1) is 0 Å². The fraction of sp³-hybridized carbons (Fsp3) is 0.120. The number of hydrogen-bond donors (Lipinski definition) is 3. The molecule has 1 heterocycles. The molecule has 3 aromatic carbocycles. The first-order valence-electron chi connectivity index (χ1n) is 10.2. The number of aromatic nitrogens is 2. The van der Waals surface area contributed by atoms with Crippen LogP contribution in [0.4, 0.5) is 11.5 Å². The van der Waals surface area contributed by atoms with Crippen LogP contribution < -0.4 is 11.1 Å². The molecule has 0 radical (unpaired) electrons. The molecule has 0 fully saturated rings. The van der Waals surface area contributed by atoms with Gasteiger partial charge < -0.3 is 16.2 Å². The maximum absolute atomic E-state index is 11.9. The number of rotatable bonds is 7. The molecule has 31 heavy (non-hydrogen) atoms. The first-order valence-corrected chi connectivity index (χ1v) is 10.2. The number of nitrogens with one attached hydrogen (secondary N) is 1. The van der Waals surface area contributed by atoms with Gasteiger partial charge in [-0.3, -0.25) is 0 Å². The summed E-state index contributed by atoms with van der Waals surface area (Å²) in [5.74, 6) is -0.319. The molecule has 1 aromatic heterocycles. The predicted molar refractivity (Wildman–Crippen MR) is 123 cm³/mol. The largest absolute Gasteiger partial charge is 0.478 e. The normalized spacial score (nSPS) is 10.8. The third kappa shape index (κ3) is 4.20. The Morgan fingerprint density at radius 2 is 1.77 bits per heavy atom. The van der Waals surface area contributed by atoms with Crippen LogP contribution in [-0.4, -0.2) is 20.9 Å². The second-order valence-corrected chi connectivity index (χ2v) is 7.19. The molecule has 0 aliphatic rings. The molecule has 0 amide bonds. The molecule has 156 valence electrons. The van der Waals surface area contributed by atoms with Gasteiger partial charge in [0, 0.05) is 18.2 Å². The van der Waals surface area contributed by atoms with Gasteiger partial charge in [-0.1, -0.05) is 61.5 Å². The molecule has 0 unspecified atom stereocenters. The second-order valence-electron chi connectivity index (χ2n) is 7.19. The molecule has 6 heteroatoms. The maximum atomic E-state index is 11.9. The minimum atomic E-state index is -0.977. The van der Waals surface area contributed by atoms with E-state index in [9.17, 15) is 9.90 Å². The van der Waals surface area contributed by atoms with Crippen molar-refractivity contribution in [2.45, 2.75) is 19.9 Å². The molecule has 4 rings (SSSR count). The SMILES string of the molecule is CCc1ccc(Nc2cc(-c3ccccc3)nn2-c2ccccc2CN)c(C(=O)O)c1. The van der Waals surface area contributed by atoms with Gasteiger partial charge in [-0.25, -0.2) is 9.48 Å². The molecular weight excluding hydrogens is 388 g/mol. The Labute approximate surface area is 181 Å². The molecule has 6 nitrogen and oxygen atoms in total. The van der Waals surface area contributed by atoms with E-state index in [-0.39, 0.29) is 5.56 Å². The quantitative estimate of drug-likeness (QED) is 0.397. The van der Waals surface area contributed by atoms with Gasteiger partial charge in [-0.2, -0.15) is 5.10 Å². The van der Waals surface area contributed by atoms with E-state index in [1.54, 1.807) is 16.8 Å². The predicted octanol–water partition coefficient (Wildman–Crippen LogP) is 5.00. The van der Waals surface area contributed by atoms with Crippen LogP contribution in [-0.2, 0) is 13.0 Å². The summed E-state index contributed by atoms with van der Waals surface area (Å²) in [5.41, 5.74) is 11.2. The number of anilines is 2. The zero-order valence-electron chi connectivity index (χ0n) is 17.2. The number of nitrogens with zero attached hydrogens (tertiary/aromatic N) is 2. The van der Waals surface area contributed by atoms with Gasteiger partial charge in [-0.05, 0) is 35.7 Å². The van der Waals surface area contributed by atoms with Crippen molar-refractivity contribution in [3.63, 3.8) is 0 Å². The van der Waals surface area contributed by atoms with E-state index in [4.69, 9.17) is 10.8 Å². The van der Waals surface area contributed by atoms with Crippen molar-refractivity contribution >= 4 is 17.5 Å². The van der Waals surface area contributed by atoms with Crippen molar-refractivity contribution in [1.82, 2.24) is 9.78 Å². The zero-order chi connectivity index (χ0) is 21.8. The van der Waals surface area contributed by atoms with E-state index >= 15 is 0 Å². The van der Waals surface area contributed by atoms with Gasteiger partial charge in [0.05, 0.1) is 22.6 Å². The Bertz CT molecular complexity index is 1220. The number of carboxylic acid groups (broad SMARTS) is 1. The van der Waals surface area contributed by atoms with Gasteiger partial charge in [0.15, 0.2) is 0 Å². The lowest BCUT2D eigenvalue weighted by Gasteiger charge is -2.14. The first-order chi connectivity index (χ1) is 15.1. The molecule has 0 aliphatic carbocycles. The molecule has 4 aromatic rings. The number of hydrogen-bond acceptors (Lipinski definition) is 4. The Morgan fingerprint density at radius 1 is 1.03 bits per heavy atom. The Morgan fingerprint density at radius 3 is 2.48 bits per heavy atom. The average Bonchev–Trinajstić information content (AvgIpc) is 3.23. The van der Waals surface area contributed by atoms with E-state index in [1.165, 1.54) is 0 Å². The van der Waals surface area contributed by atoms with Crippen LogP contribution in [0.15, 0.2) is 78.9 Å². The van der Waals surface area contributed by atoms with Crippen LogP contribution in [0.3, 0.4) is 0 Å². The number of benzene rings is 3. The summed E-state index contributed by atoms with van der Waals surface area (Å²) in [5, 5.41) is 17.8. The maximum Gasteiger partial charge on any atom is 0.337 e. The van der Waals surface area contributed by atoms with Gasteiger partial charge in [0.1, 0.15) is 5.82 Å². The lowest BCUT2D eigenvalue weighted by atomic mass is 10.1. The third-order valence-electron chi connectivity index (χ3n) is 5.20. The fourth-order valence-corrected chi connectivity index (χ4v) is 3.53. The molecule has 0 saturated heterocycles.